The first-order chi connectivity index (χ1) is 25.6. The summed E-state index contributed by atoms with van der Waals surface area (Å²) in [5.41, 5.74) is -1.39. The maximum Gasteiger partial charge on any atom is 0.407 e. The van der Waals surface area contributed by atoms with E-state index < -0.39 is 47.1 Å². The number of carbonyl (C=O) groups excluding carboxylic acids is 4. The first kappa shape index (κ1) is 44.8. The number of alkyl halides is 4. The molecule has 0 aliphatic rings. The molecule has 2 amide bonds. The van der Waals surface area contributed by atoms with Crippen molar-refractivity contribution in [2.24, 2.45) is 0 Å². The van der Waals surface area contributed by atoms with Crippen LogP contribution in [0.4, 0.5) is 27.2 Å². The van der Waals surface area contributed by atoms with Gasteiger partial charge in [-0.1, -0.05) is 13.2 Å². The van der Waals surface area contributed by atoms with Crippen LogP contribution in [0, 0.1) is 0 Å². The molecule has 0 radical (unpaired) electrons. The van der Waals surface area contributed by atoms with Gasteiger partial charge >= 0.3 is 36.0 Å². The van der Waals surface area contributed by atoms with Gasteiger partial charge in [0.15, 0.2) is 0 Å². The van der Waals surface area contributed by atoms with E-state index in [4.69, 9.17) is 37.9 Å². The van der Waals surface area contributed by atoms with Gasteiger partial charge in [0.25, 0.3) is 0 Å². The van der Waals surface area contributed by atoms with E-state index in [-0.39, 0.29) is 102 Å². The number of nitrogens with one attached hydrogen (secondary N) is 2. The van der Waals surface area contributed by atoms with E-state index in [0.717, 1.165) is 48.5 Å². The molecule has 0 aliphatic heterocycles. The fourth-order valence-corrected chi connectivity index (χ4v) is 3.85. The molecule has 0 aromatic heterocycles. The van der Waals surface area contributed by atoms with Gasteiger partial charge in [-0.3, -0.25) is 0 Å². The highest BCUT2D eigenvalue weighted by atomic mass is 19.3. The quantitative estimate of drug-likeness (QED) is 0.0454. The van der Waals surface area contributed by atoms with Gasteiger partial charge in [-0.25, -0.2) is 19.2 Å². The minimum atomic E-state index is -4.57. The highest BCUT2D eigenvalue weighted by Crippen LogP contribution is 2.49. The number of amides is 2. The highest BCUT2D eigenvalue weighted by Gasteiger charge is 2.58. The Labute approximate surface area is 309 Å². The van der Waals surface area contributed by atoms with Crippen LogP contribution in [0.5, 0.6) is 11.5 Å². The monoisotopic (exact) mass is 772 g/mol. The van der Waals surface area contributed by atoms with Gasteiger partial charge < -0.3 is 48.5 Å². The number of hydrogen-bond acceptors (Lipinski definition) is 12. The molecular formula is C36H44F4N2O12. The third kappa shape index (κ3) is 16.1. The van der Waals surface area contributed by atoms with Crippen molar-refractivity contribution in [1.29, 1.82) is 0 Å². The van der Waals surface area contributed by atoms with Gasteiger partial charge in [0, 0.05) is 22.3 Å². The van der Waals surface area contributed by atoms with E-state index in [2.05, 4.69) is 23.8 Å². The van der Waals surface area contributed by atoms with Crippen molar-refractivity contribution < 1.29 is 74.6 Å². The molecule has 0 heterocycles. The van der Waals surface area contributed by atoms with E-state index in [1.807, 2.05) is 0 Å². The fraction of sp³-hybridized carbons (Fsp3) is 0.444. The summed E-state index contributed by atoms with van der Waals surface area (Å²) in [6.07, 6.45) is -1.48. The highest BCUT2D eigenvalue weighted by molar-refractivity contribution is 5.87. The second-order valence-electron chi connectivity index (χ2n) is 11.1. The molecule has 14 nitrogen and oxygen atoms in total. The molecule has 0 saturated heterocycles. The van der Waals surface area contributed by atoms with Gasteiger partial charge in [0.1, 0.15) is 51.1 Å². The number of rotatable bonds is 25. The zero-order valence-electron chi connectivity index (χ0n) is 29.9. The maximum absolute atomic E-state index is 15.0. The lowest BCUT2D eigenvalue weighted by atomic mass is 9.96. The van der Waals surface area contributed by atoms with Crippen molar-refractivity contribution in [1.82, 2.24) is 10.6 Å². The van der Waals surface area contributed by atoms with Crippen LogP contribution >= 0.6 is 0 Å². The summed E-state index contributed by atoms with van der Waals surface area (Å²) in [4.78, 5) is 45.6. The summed E-state index contributed by atoms with van der Waals surface area (Å²) in [6, 6.07) is 7.90. The Kier molecular flexibility index (Phi) is 19.4. The van der Waals surface area contributed by atoms with Crippen LogP contribution in [-0.4, -0.2) is 103 Å². The molecule has 2 N–H and O–H groups in total. The number of halogens is 4. The number of benzene rings is 2. The number of alkyl carbamates (subject to hydrolysis) is 2. The topological polar surface area (TPSA) is 166 Å². The largest absolute Gasteiger partial charge is 0.491 e. The first-order valence-electron chi connectivity index (χ1n) is 16.5. The Morgan fingerprint density at radius 3 is 1.19 bits per heavy atom. The van der Waals surface area contributed by atoms with Crippen LogP contribution in [0.25, 0.3) is 0 Å². The molecule has 0 unspecified atom stereocenters. The summed E-state index contributed by atoms with van der Waals surface area (Å²) in [7, 11) is 0. The molecule has 0 fully saturated rings. The van der Waals surface area contributed by atoms with Crippen LogP contribution in [0.1, 0.15) is 25.0 Å². The second-order valence-corrected chi connectivity index (χ2v) is 11.1. The molecule has 2 aromatic carbocycles. The van der Waals surface area contributed by atoms with E-state index >= 15 is 17.6 Å². The van der Waals surface area contributed by atoms with Crippen LogP contribution in [0.2, 0.25) is 0 Å². The lowest BCUT2D eigenvalue weighted by Crippen LogP contribution is -2.35. The molecule has 0 aliphatic carbocycles. The predicted molar refractivity (Wildman–Crippen MR) is 184 cm³/mol. The summed E-state index contributed by atoms with van der Waals surface area (Å²) in [5.74, 6) is -10.00. The predicted octanol–water partition coefficient (Wildman–Crippen LogP) is 5.05. The molecule has 0 bridgehead atoms. The normalized spacial score (nSPS) is 11.1. The Morgan fingerprint density at radius 1 is 0.519 bits per heavy atom. The molecule has 298 valence electrons. The molecule has 0 saturated carbocycles. The van der Waals surface area contributed by atoms with Crippen LogP contribution in [0.3, 0.4) is 0 Å². The van der Waals surface area contributed by atoms with Gasteiger partial charge in [-0.05, 0) is 62.4 Å². The third-order valence-electron chi connectivity index (χ3n) is 6.65. The number of carbonyl (C=O) groups is 4. The van der Waals surface area contributed by atoms with Crippen LogP contribution in [-0.2, 0) is 49.9 Å². The standard InChI is InChI=1S/C36H44F4N2O12/c1-25(2)31(43)51-15-13-41-33(45)53-23-19-47-17-21-49-29-9-5-27(6-10-29)35(37,38)36(39,40)28-7-11-30(12-8-28)50-22-18-48-20-24-54-34(46)42-14-16-52-32(44)26(3)4/h5-12H,1,3,13-24H2,2,4H3,(H,41,45)(H,42,46). The van der Waals surface area contributed by atoms with Crippen LogP contribution < -0.4 is 20.1 Å². The van der Waals surface area contributed by atoms with Gasteiger partial charge in [0.2, 0.25) is 0 Å². The number of ether oxygens (including phenoxy) is 8. The fourth-order valence-electron chi connectivity index (χ4n) is 3.85. The molecule has 0 spiro atoms. The van der Waals surface area contributed by atoms with Crippen molar-refractivity contribution in [3.05, 3.63) is 84.0 Å². The first-order valence-corrected chi connectivity index (χ1v) is 16.5. The summed E-state index contributed by atoms with van der Waals surface area (Å²) in [5, 5.41) is 4.76. The van der Waals surface area contributed by atoms with Gasteiger partial charge in [0.05, 0.1) is 39.5 Å². The van der Waals surface area contributed by atoms with Crippen LogP contribution in [0.15, 0.2) is 72.8 Å². The van der Waals surface area contributed by atoms with Crippen molar-refractivity contribution in [3.8, 4) is 11.5 Å². The zero-order valence-corrected chi connectivity index (χ0v) is 29.9. The van der Waals surface area contributed by atoms with Gasteiger partial charge in [-0.2, -0.15) is 17.6 Å². The Balaban J connectivity index is 1.64. The summed E-state index contributed by atoms with van der Waals surface area (Å²) < 4.78 is 101. The van der Waals surface area contributed by atoms with E-state index in [9.17, 15) is 19.2 Å². The third-order valence-corrected chi connectivity index (χ3v) is 6.65. The lowest BCUT2D eigenvalue weighted by molar-refractivity contribution is -0.223. The molecule has 18 heteroatoms. The average molecular weight is 773 g/mol. The summed E-state index contributed by atoms with van der Waals surface area (Å²) in [6.45, 7) is 9.85. The lowest BCUT2D eigenvalue weighted by Gasteiger charge is -2.27. The summed E-state index contributed by atoms with van der Waals surface area (Å²) >= 11 is 0. The molecule has 54 heavy (non-hydrogen) atoms. The van der Waals surface area contributed by atoms with E-state index in [0.29, 0.717) is 0 Å². The second kappa shape index (κ2) is 23.3. The Morgan fingerprint density at radius 2 is 0.852 bits per heavy atom. The molecular weight excluding hydrogens is 728 g/mol. The number of hydrogen-bond donors (Lipinski definition) is 2. The minimum absolute atomic E-state index is 0.00111. The van der Waals surface area contributed by atoms with E-state index in [1.165, 1.54) is 13.8 Å². The minimum Gasteiger partial charge on any atom is -0.491 e. The van der Waals surface area contributed by atoms with Gasteiger partial charge in [-0.15, -0.1) is 0 Å². The zero-order chi connectivity index (χ0) is 40.0. The Bertz CT molecular complexity index is 1410. The molecule has 0 atom stereocenters. The van der Waals surface area contributed by atoms with Crippen molar-refractivity contribution >= 4 is 24.1 Å². The van der Waals surface area contributed by atoms with E-state index in [1.54, 1.807) is 0 Å². The molecule has 2 rings (SSSR count). The van der Waals surface area contributed by atoms with Crippen molar-refractivity contribution in [3.63, 3.8) is 0 Å². The smallest absolute Gasteiger partial charge is 0.407 e. The average Bonchev–Trinajstić information content (AvgIpc) is 3.14. The molecule has 2 aromatic rings. The maximum atomic E-state index is 15.0. The Hall–Kier alpha value is -5.36. The number of esters is 2. The van der Waals surface area contributed by atoms with Crippen molar-refractivity contribution in [2.45, 2.75) is 25.7 Å². The SMILES string of the molecule is C=C(C)C(=O)OCCNC(=O)OCCOCCOc1ccc(C(F)(F)C(F)(F)c2ccc(OCCOCCOC(=O)NCCOC(=O)C(=C)C)cc2)cc1. The van der Waals surface area contributed by atoms with Crippen molar-refractivity contribution in [2.75, 3.05) is 79.2 Å².